The first-order valence-electron chi connectivity index (χ1n) is 11.0. The van der Waals surface area contributed by atoms with E-state index in [2.05, 4.69) is 37.4 Å². The number of nitrogens with one attached hydrogen (secondary N) is 1. The Bertz CT molecular complexity index is 900. The number of amides is 2. The van der Waals surface area contributed by atoms with Crippen molar-refractivity contribution in [2.75, 3.05) is 0 Å². The molecule has 2 aromatic rings. The third kappa shape index (κ3) is 5.71. The van der Waals surface area contributed by atoms with Crippen LogP contribution in [0.15, 0.2) is 42.5 Å². The molecule has 0 aromatic heterocycles. The van der Waals surface area contributed by atoms with Crippen LogP contribution >= 0.6 is 0 Å². The van der Waals surface area contributed by atoms with Crippen molar-refractivity contribution in [1.82, 2.24) is 10.2 Å². The molecule has 0 heterocycles. The fraction of sp³-hybridized carbons (Fsp3) is 0.462. The van der Waals surface area contributed by atoms with E-state index in [0.29, 0.717) is 13.0 Å². The summed E-state index contributed by atoms with van der Waals surface area (Å²) in [6.45, 7) is 8.45. The van der Waals surface area contributed by atoms with E-state index in [0.717, 1.165) is 42.4 Å². The number of hydrogen-bond acceptors (Lipinski definition) is 2. The predicted octanol–water partition coefficient (Wildman–Crippen LogP) is 4.63. The van der Waals surface area contributed by atoms with Gasteiger partial charge in [-0.25, -0.2) is 0 Å². The van der Waals surface area contributed by atoms with Crippen molar-refractivity contribution in [3.8, 4) is 0 Å². The summed E-state index contributed by atoms with van der Waals surface area (Å²) in [6.07, 6.45) is 4.70. The van der Waals surface area contributed by atoms with Gasteiger partial charge in [0.2, 0.25) is 11.8 Å². The van der Waals surface area contributed by atoms with Gasteiger partial charge < -0.3 is 10.2 Å². The van der Waals surface area contributed by atoms with Crippen LogP contribution in [0.3, 0.4) is 0 Å². The first-order valence-corrected chi connectivity index (χ1v) is 11.0. The van der Waals surface area contributed by atoms with Crippen LogP contribution in [0.25, 0.3) is 0 Å². The van der Waals surface area contributed by atoms with Gasteiger partial charge in [-0.05, 0) is 62.8 Å². The van der Waals surface area contributed by atoms with Gasteiger partial charge in [0.1, 0.15) is 6.04 Å². The molecule has 2 amide bonds. The zero-order valence-electron chi connectivity index (χ0n) is 18.7. The number of carbonyl (C=O) groups excluding carboxylic acids is 2. The summed E-state index contributed by atoms with van der Waals surface area (Å²) in [7, 11) is 0. The van der Waals surface area contributed by atoms with Gasteiger partial charge in [-0.3, -0.25) is 9.59 Å². The molecular weight excluding hydrogens is 372 g/mol. The molecular formula is C26H34N2O2. The van der Waals surface area contributed by atoms with Gasteiger partial charge in [-0.1, -0.05) is 60.9 Å². The molecule has 30 heavy (non-hydrogen) atoms. The van der Waals surface area contributed by atoms with Gasteiger partial charge in [0.05, 0.1) is 6.42 Å². The standard InChI is InChI=1S/C26H34N2O2/c1-18-8-7-9-23(14-18)17-28(21(4)26(30)27-24-10-5-6-11-24)25(29)16-22-13-12-19(2)20(3)15-22/h7-9,12-15,21,24H,5-6,10-11,16-17H2,1-4H3,(H,27,30)/t21-/m0/s1. The van der Waals surface area contributed by atoms with Crippen molar-refractivity contribution in [1.29, 1.82) is 0 Å². The third-order valence-electron chi connectivity index (χ3n) is 6.23. The lowest BCUT2D eigenvalue weighted by molar-refractivity contribution is -0.140. The van der Waals surface area contributed by atoms with Crippen LogP contribution in [-0.2, 0) is 22.6 Å². The zero-order chi connectivity index (χ0) is 21.7. The van der Waals surface area contributed by atoms with Crippen LogP contribution in [0.4, 0.5) is 0 Å². The lowest BCUT2D eigenvalue weighted by atomic mass is 10.0. The van der Waals surface area contributed by atoms with Gasteiger partial charge in [0.25, 0.3) is 0 Å². The Morgan fingerprint density at radius 2 is 1.73 bits per heavy atom. The minimum Gasteiger partial charge on any atom is -0.352 e. The van der Waals surface area contributed by atoms with E-state index in [9.17, 15) is 9.59 Å². The number of benzene rings is 2. The Morgan fingerprint density at radius 3 is 2.40 bits per heavy atom. The summed E-state index contributed by atoms with van der Waals surface area (Å²) in [5, 5.41) is 3.16. The SMILES string of the molecule is Cc1cccc(CN(C(=O)Cc2ccc(C)c(C)c2)[C@@H](C)C(=O)NC2CCCC2)c1. The lowest BCUT2D eigenvalue weighted by Gasteiger charge is -2.30. The molecule has 4 heteroatoms. The summed E-state index contributed by atoms with van der Waals surface area (Å²) in [6, 6.07) is 14.0. The molecule has 1 aliphatic carbocycles. The molecule has 0 unspecified atom stereocenters. The number of hydrogen-bond donors (Lipinski definition) is 1. The van der Waals surface area contributed by atoms with Crippen molar-refractivity contribution in [3.63, 3.8) is 0 Å². The summed E-state index contributed by atoms with van der Waals surface area (Å²) in [5.41, 5.74) is 5.58. The maximum atomic E-state index is 13.3. The Hall–Kier alpha value is -2.62. The Balaban J connectivity index is 1.78. The minimum absolute atomic E-state index is 0.0196. The fourth-order valence-electron chi connectivity index (χ4n) is 4.17. The average Bonchev–Trinajstić information content (AvgIpc) is 3.21. The number of rotatable bonds is 7. The van der Waals surface area contributed by atoms with Crippen molar-refractivity contribution in [2.24, 2.45) is 0 Å². The highest BCUT2D eigenvalue weighted by Crippen LogP contribution is 2.19. The molecule has 160 valence electrons. The quantitative estimate of drug-likeness (QED) is 0.729. The van der Waals surface area contributed by atoms with Crippen LogP contribution in [0, 0.1) is 20.8 Å². The van der Waals surface area contributed by atoms with Crippen molar-refractivity contribution < 1.29 is 9.59 Å². The Labute approximate surface area is 180 Å². The second-order valence-electron chi connectivity index (χ2n) is 8.77. The van der Waals surface area contributed by atoms with E-state index in [1.165, 1.54) is 11.1 Å². The van der Waals surface area contributed by atoms with Gasteiger partial charge in [-0.15, -0.1) is 0 Å². The van der Waals surface area contributed by atoms with Crippen molar-refractivity contribution >= 4 is 11.8 Å². The number of carbonyl (C=O) groups is 2. The second-order valence-corrected chi connectivity index (χ2v) is 8.77. The van der Waals surface area contributed by atoms with E-state index in [1.54, 1.807) is 4.90 Å². The normalized spacial score (nSPS) is 15.1. The van der Waals surface area contributed by atoms with Crippen LogP contribution in [0.5, 0.6) is 0 Å². The van der Waals surface area contributed by atoms with Crippen molar-refractivity contribution in [2.45, 2.75) is 78.4 Å². The molecule has 1 N–H and O–H groups in total. The molecule has 3 rings (SSSR count). The molecule has 2 aromatic carbocycles. The van der Waals surface area contributed by atoms with E-state index < -0.39 is 6.04 Å². The van der Waals surface area contributed by atoms with E-state index in [1.807, 2.05) is 38.1 Å². The summed E-state index contributed by atoms with van der Waals surface area (Å²) in [5.74, 6) is -0.0724. The smallest absolute Gasteiger partial charge is 0.242 e. The second kappa shape index (κ2) is 9.92. The molecule has 1 fully saturated rings. The molecule has 0 spiro atoms. The van der Waals surface area contributed by atoms with Gasteiger partial charge >= 0.3 is 0 Å². The van der Waals surface area contributed by atoms with Crippen LogP contribution in [0.2, 0.25) is 0 Å². The highest BCUT2D eigenvalue weighted by atomic mass is 16.2. The first-order chi connectivity index (χ1) is 14.3. The molecule has 0 radical (unpaired) electrons. The maximum Gasteiger partial charge on any atom is 0.242 e. The minimum atomic E-state index is -0.509. The molecule has 1 atom stereocenters. The Morgan fingerprint density at radius 1 is 1.00 bits per heavy atom. The predicted molar refractivity (Wildman–Crippen MR) is 121 cm³/mol. The van der Waals surface area contributed by atoms with Gasteiger partial charge in [0, 0.05) is 12.6 Å². The molecule has 1 saturated carbocycles. The van der Waals surface area contributed by atoms with E-state index >= 15 is 0 Å². The van der Waals surface area contributed by atoms with Crippen LogP contribution < -0.4 is 5.32 Å². The van der Waals surface area contributed by atoms with E-state index in [-0.39, 0.29) is 17.9 Å². The summed E-state index contributed by atoms with van der Waals surface area (Å²) in [4.78, 5) is 28.0. The maximum absolute atomic E-state index is 13.3. The molecule has 0 saturated heterocycles. The lowest BCUT2D eigenvalue weighted by Crippen LogP contribution is -2.50. The van der Waals surface area contributed by atoms with Gasteiger partial charge in [-0.2, -0.15) is 0 Å². The first kappa shape index (κ1) is 22.1. The van der Waals surface area contributed by atoms with Crippen LogP contribution in [-0.4, -0.2) is 28.8 Å². The Kier molecular flexibility index (Phi) is 7.30. The topological polar surface area (TPSA) is 49.4 Å². The molecule has 1 aliphatic rings. The number of nitrogens with zero attached hydrogens (tertiary/aromatic N) is 1. The molecule has 4 nitrogen and oxygen atoms in total. The van der Waals surface area contributed by atoms with Crippen LogP contribution in [0.1, 0.15) is 60.4 Å². The third-order valence-corrected chi connectivity index (χ3v) is 6.23. The summed E-state index contributed by atoms with van der Waals surface area (Å²) < 4.78 is 0. The summed E-state index contributed by atoms with van der Waals surface area (Å²) >= 11 is 0. The monoisotopic (exact) mass is 406 g/mol. The fourth-order valence-corrected chi connectivity index (χ4v) is 4.17. The van der Waals surface area contributed by atoms with Gasteiger partial charge in [0.15, 0.2) is 0 Å². The zero-order valence-corrected chi connectivity index (χ0v) is 18.7. The molecule has 0 bridgehead atoms. The number of aryl methyl sites for hydroxylation is 3. The van der Waals surface area contributed by atoms with Crippen molar-refractivity contribution in [3.05, 3.63) is 70.3 Å². The van der Waals surface area contributed by atoms with E-state index in [4.69, 9.17) is 0 Å². The largest absolute Gasteiger partial charge is 0.352 e. The highest BCUT2D eigenvalue weighted by Gasteiger charge is 2.28. The molecule has 0 aliphatic heterocycles. The highest BCUT2D eigenvalue weighted by molar-refractivity contribution is 5.88. The average molecular weight is 407 g/mol.